The fraction of sp³-hybridized carbons (Fsp3) is 0. The topological polar surface area (TPSA) is 122 Å². The minimum atomic E-state index is -4.24. The predicted molar refractivity (Wildman–Crippen MR) is 79.8 cm³/mol. The first kappa shape index (κ1) is 14.8. The number of nitrogens with one attached hydrogen (secondary N) is 2. The van der Waals surface area contributed by atoms with Crippen LogP contribution in [0.25, 0.3) is 0 Å². The normalized spacial score (nSPS) is 10.9. The molecule has 0 aliphatic rings. The summed E-state index contributed by atoms with van der Waals surface area (Å²) in [4.78, 5) is 11.5. The maximum atomic E-state index is 11.7. The van der Waals surface area contributed by atoms with Gasteiger partial charge >= 0.3 is 6.03 Å². The molecule has 7 nitrogen and oxygen atoms in total. The highest BCUT2D eigenvalue weighted by atomic mass is 32.2. The van der Waals surface area contributed by atoms with E-state index in [0.29, 0.717) is 17.1 Å². The molecule has 21 heavy (non-hydrogen) atoms. The summed E-state index contributed by atoms with van der Waals surface area (Å²) in [7, 11) is -4.24. The number of anilines is 3. The van der Waals surface area contributed by atoms with Crippen LogP contribution >= 0.6 is 0 Å². The van der Waals surface area contributed by atoms with Crippen molar-refractivity contribution in [2.45, 2.75) is 4.90 Å². The van der Waals surface area contributed by atoms with Gasteiger partial charge in [0.2, 0.25) is 0 Å². The zero-order chi connectivity index (χ0) is 15.5. The van der Waals surface area contributed by atoms with E-state index in [1.807, 2.05) is 0 Å². The van der Waals surface area contributed by atoms with E-state index >= 15 is 0 Å². The SMILES string of the molecule is Nc1cccc(NC(=O)Nc2ccc(S(=O)(=O)O)cc2)c1. The number of carbonyl (C=O) groups excluding carboxylic acids is 1. The Labute approximate surface area is 121 Å². The van der Waals surface area contributed by atoms with Gasteiger partial charge in [-0.2, -0.15) is 8.42 Å². The second-order valence-corrected chi connectivity index (χ2v) is 5.63. The molecule has 0 heterocycles. The molecule has 0 fully saturated rings. The van der Waals surface area contributed by atoms with Crippen molar-refractivity contribution in [3.05, 3.63) is 48.5 Å². The summed E-state index contributed by atoms with van der Waals surface area (Å²) in [6.45, 7) is 0. The molecule has 2 amide bonds. The number of urea groups is 1. The Hall–Kier alpha value is -2.58. The maximum absolute atomic E-state index is 11.7. The van der Waals surface area contributed by atoms with E-state index < -0.39 is 16.1 Å². The molecule has 0 saturated carbocycles. The van der Waals surface area contributed by atoms with E-state index in [1.54, 1.807) is 24.3 Å². The van der Waals surface area contributed by atoms with Crippen LogP contribution in [0.5, 0.6) is 0 Å². The van der Waals surface area contributed by atoms with Crippen molar-refractivity contribution >= 4 is 33.2 Å². The average molecular weight is 307 g/mol. The molecule has 2 aromatic rings. The number of hydrogen-bond acceptors (Lipinski definition) is 4. The number of carbonyl (C=O) groups is 1. The van der Waals surface area contributed by atoms with Crippen molar-refractivity contribution in [3.63, 3.8) is 0 Å². The van der Waals surface area contributed by atoms with E-state index in [1.165, 1.54) is 24.3 Å². The molecule has 2 aromatic carbocycles. The zero-order valence-corrected chi connectivity index (χ0v) is 11.6. The number of amides is 2. The Morgan fingerprint density at radius 3 is 2.19 bits per heavy atom. The van der Waals surface area contributed by atoms with Crippen LogP contribution in [-0.2, 0) is 10.1 Å². The Bertz CT molecular complexity index is 757. The van der Waals surface area contributed by atoms with Gasteiger partial charge in [-0.25, -0.2) is 4.79 Å². The van der Waals surface area contributed by atoms with Gasteiger partial charge in [-0.3, -0.25) is 4.55 Å². The highest BCUT2D eigenvalue weighted by Gasteiger charge is 2.09. The van der Waals surface area contributed by atoms with Crippen LogP contribution in [0.4, 0.5) is 21.9 Å². The second kappa shape index (κ2) is 5.81. The van der Waals surface area contributed by atoms with Crippen LogP contribution in [0.3, 0.4) is 0 Å². The lowest BCUT2D eigenvalue weighted by Gasteiger charge is -2.08. The number of rotatable bonds is 3. The third-order valence-electron chi connectivity index (χ3n) is 2.55. The Kier molecular flexibility index (Phi) is 4.10. The van der Waals surface area contributed by atoms with Crippen molar-refractivity contribution in [1.82, 2.24) is 0 Å². The molecular formula is C13H13N3O4S. The lowest BCUT2D eigenvalue weighted by atomic mass is 10.3. The lowest BCUT2D eigenvalue weighted by Crippen LogP contribution is -2.19. The predicted octanol–water partition coefficient (Wildman–Crippen LogP) is 2.16. The molecule has 0 spiro atoms. The minimum absolute atomic E-state index is 0.246. The van der Waals surface area contributed by atoms with Crippen molar-refractivity contribution in [3.8, 4) is 0 Å². The Morgan fingerprint density at radius 2 is 1.62 bits per heavy atom. The van der Waals surface area contributed by atoms with Gasteiger partial charge in [0.15, 0.2) is 0 Å². The van der Waals surface area contributed by atoms with E-state index in [4.69, 9.17) is 10.3 Å². The summed E-state index contributed by atoms with van der Waals surface area (Å²) in [6.07, 6.45) is 0. The third kappa shape index (κ3) is 4.20. The molecule has 2 rings (SSSR count). The lowest BCUT2D eigenvalue weighted by molar-refractivity contribution is 0.262. The number of benzene rings is 2. The summed E-state index contributed by atoms with van der Waals surface area (Å²) >= 11 is 0. The number of nitrogen functional groups attached to an aromatic ring is 1. The van der Waals surface area contributed by atoms with Crippen LogP contribution in [0, 0.1) is 0 Å². The molecule has 0 aliphatic carbocycles. The first-order chi connectivity index (χ1) is 9.84. The fourth-order valence-electron chi connectivity index (χ4n) is 1.62. The first-order valence-corrected chi connectivity index (χ1v) is 7.30. The molecule has 5 N–H and O–H groups in total. The van der Waals surface area contributed by atoms with E-state index in [2.05, 4.69) is 10.6 Å². The molecule has 8 heteroatoms. The molecule has 0 saturated heterocycles. The van der Waals surface area contributed by atoms with E-state index in [9.17, 15) is 13.2 Å². The van der Waals surface area contributed by atoms with Crippen molar-refractivity contribution in [2.75, 3.05) is 16.4 Å². The van der Waals surface area contributed by atoms with Crippen LogP contribution in [0.1, 0.15) is 0 Å². The summed E-state index contributed by atoms with van der Waals surface area (Å²) < 4.78 is 30.6. The highest BCUT2D eigenvalue weighted by molar-refractivity contribution is 7.85. The fourth-order valence-corrected chi connectivity index (χ4v) is 2.10. The van der Waals surface area contributed by atoms with Gasteiger partial charge < -0.3 is 16.4 Å². The monoisotopic (exact) mass is 307 g/mol. The average Bonchev–Trinajstić information content (AvgIpc) is 2.38. The molecule has 0 bridgehead atoms. The summed E-state index contributed by atoms with van der Waals surface area (Å²) in [5.41, 5.74) is 7.02. The Morgan fingerprint density at radius 1 is 1.00 bits per heavy atom. The first-order valence-electron chi connectivity index (χ1n) is 5.86. The van der Waals surface area contributed by atoms with Crippen molar-refractivity contribution in [1.29, 1.82) is 0 Å². The maximum Gasteiger partial charge on any atom is 0.323 e. The third-order valence-corrected chi connectivity index (χ3v) is 3.42. The van der Waals surface area contributed by atoms with Gasteiger partial charge in [-0.05, 0) is 42.5 Å². The molecule has 110 valence electrons. The smallest absolute Gasteiger partial charge is 0.323 e. The molecule has 0 aromatic heterocycles. The number of hydrogen-bond donors (Lipinski definition) is 4. The number of nitrogens with two attached hydrogens (primary N) is 1. The molecular weight excluding hydrogens is 294 g/mol. The zero-order valence-electron chi connectivity index (χ0n) is 10.8. The molecule has 0 atom stereocenters. The summed E-state index contributed by atoms with van der Waals surface area (Å²) in [6, 6.07) is 11.3. The quantitative estimate of drug-likeness (QED) is 0.511. The Balaban J connectivity index is 2.03. The molecule has 0 aliphatic heterocycles. The summed E-state index contributed by atoms with van der Waals surface area (Å²) in [5.74, 6) is 0. The second-order valence-electron chi connectivity index (χ2n) is 4.20. The van der Waals surface area contributed by atoms with Crippen molar-refractivity contribution in [2.24, 2.45) is 0 Å². The van der Waals surface area contributed by atoms with Gasteiger partial charge in [0, 0.05) is 17.1 Å². The van der Waals surface area contributed by atoms with Gasteiger partial charge in [-0.15, -0.1) is 0 Å². The van der Waals surface area contributed by atoms with E-state index in [0.717, 1.165) is 0 Å². The van der Waals surface area contributed by atoms with Crippen LogP contribution in [0.15, 0.2) is 53.4 Å². The van der Waals surface area contributed by atoms with Gasteiger partial charge in [0.1, 0.15) is 0 Å². The summed E-state index contributed by atoms with van der Waals surface area (Å²) in [5, 5.41) is 5.10. The van der Waals surface area contributed by atoms with Crippen LogP contribution in [0.2, 0.25) is 0 Å². The van der Waals surface area contributed by atoms with Crippen LogP contribution < -0.4 is 16.4 Å². The standard InChI is InChI=1S/C13H13N3O4S/c14-9-2-1-3-11(8-9)16-13(17)15-10-4-6-12(7-5-10)21(18,19)20/h1-8H,14H2,(H2,15,16,17)(H,18,19,20). The molecule has 0 radical (unpaired) electrons. The van der Waals surface area contributed by atoms with Gasteiger partial charge in [0.25, 0.3) is 10.1 Å². The van der Waals surface area contributed by atoms with Gasteiger partial charge in [-0.1, -0.05) is 6.07 Å². The highest BCUT2D eigenvalue weighted by Crippen LogP contribution is 2.15. The minimum Gasteiger partial charge on any atom is -0.399 e. The van der Waals surface area contributed by atoms with E-state index in [-0.39, 0.29) is 4.90 Å². The van der Waals surface area contributed by atoms with Crippen LogP contribution in [-0.4, -0.2) is 19.0 Å². The molecule has 0 unspecified atom stereocenters. The van der Waals surface area contributed by atoms with Crippen molar-refractivity contribution < 1.29 is 17.8 Å². The largest absolute Gasteiger partial charge is 0.399 e. The van der Waals surface area contributed by atoms with Gasteiger partial charge in [0.05, 0.1) is 4.90 Å².